The summed E-state index contributed by atoms with van der Waals surface area (Å²) >= 11 is 0. The van der Waals surface area contributed by atoms with Crippen molar-refractivity contribution in [2.45, 2.75) is 45.1 Å². The second-order valence-electron chi connectivity index (χ2n) is 6.09. The van der Waals surface area contributed by atoms with Gasteiger partial charge in [-0.2, -0.15) is 0 Å². The van der Waals surface area contributed by atoms with Crippen molar-refractivity contribution in [1.29, 1.82) is 0 Å². The second-order valence-corrected chi connectivity index (χ2v) is 6.09. The van der Waals surface area contributed by atoms with Crippen LogP contribution in [0.4, 0.5) is 0 Å². The molecule has 0 aromatic carbocycles. The number of carbonyl (C=O) groups is 1. The second kappa shape index (κ2) is 8.60. The molecule has 0 saturated carbocycles. The predicted molar refractivity (Wildman–Crippen MR) is 79.5 cm³/mol. The van der Waals surface area contributed by atoms with Crippen molar-refractivity contribution in [2.75, 3.05) is 40.0 Å². The summed E-state index contributed by atoms with van der Waals surface area (Å²) in [7, 11) is 2.12. The monoisotopic (exact) mass is 286 g/mol. The molecule has 0 spiro atoms. The molecule has 1 heterocycles. The van der Waals surface area contributed by atoms with Crippen LogP contribution >= 0.6 is 0 Å². The Kier molecular flexibility index (Phi) is 7.48. The highest BCUT2D eigenvalue weighted by Gasteiger charge is 2.29. The zero-order chi connectivity index (χ0) is 15.0. The third kappa shape index (κ3) is 6.20. The van der Waals surface area contributed by atoms with Crippen LogP contribution in [-0.2, 0) is 14.3 Å². The molecule has 0 bridgehead atoms. The molecule has 5 nitrogen and oxygen atoms in total. The third-order valence-corrected chi connectivity index (χ3v) is 3.80. The van der Waals surface area contributed by atoms with E-state index in [9.17, 15) is 4.79 Å². The summed E-state index contributed by atoms with van der Waals surface area (Å²) in [6, 6.07) is 0. The van der Waals surface area contributed by atoms with Gasteiger partial charge in [0.25, 0.3) is 0 Å². The molecule has 118 valence electrons. The Bertz CT molecular complexity index is 289. The molecule has 0 radical (unpaired) electrons. The number of carbonyl (C=O) groups excluding carboxylic acids is 1. The summed E-state index contributed by atoms with van der Waals surface area (Å²) in [5.41, 5.74) is 5.13. The smallest absolute Gasteiger partial charge is 0.325 e. The Morgan fingerprint density at radius 1 is 1.55 bits per heavy atom. The highest BCUT2D eigenvalue weighted by Crippen LogP contribution is 2.16. The third-order valence-electron chi connectivity index (χ3n) is 3.80. The van der Waals surface area contributed by atoms with Crippen molar-refractivity contribution < 1.29 is 14.3 Å². The van der Waals surface area contributed by atoms with Crippen molar-refractivity contribution in [3.8, 4) is 0 Å². The lowest BCUT2D eigenvalue weighted by Crippen LogP contribution is -2.46. The molecular weight excluding hydrogens is 256 g/mol. The Morgan fingerprint density at radius 3 is 2.90 bits per heavy atom. The molecule has 1 aliphatic heterocycles. The summed E-state index contributed by atoms with van der Waals surface area (Å²) in [5.74, 6) is 0.339. The van der Waals surface area contributed by atoms with E-state index < -0.39 is 5.54 Å². The van der Waals surface area contributed by atoms with Crippen LogP contribution in [0.3, 0.4) is 0 Å². The van der Waals surface area contributed by atoms with Gasteiger partial charge in [0.15, 0.2) is 0 Å². The van der Waals surface area contributed by atoms with Crippen LogP contribution in [0, 0.1) is 5.92 Å². The van der Waals surface area contributed by atoms with E-state index in [1.165, 1.54) is 12.8 Å². The molecule has 0 amide bonds. The molecule has 2 unspecified atom stereocenters. The molecule has 1 saturated heterocycles. The van der Waals surface area contributed by atoms with Gasteiger partial charge in [0.1, 0.15) is 5.54 Å². The van der Waals surface area contributed by atoms with Crippen LogP contribution in [0.5, 0.6) is 0 Å². The topological polar surface area (TPSA) is 64.8 Å². The van der Waals surface area contributed by atoms with Gasteiger partial charge >= 0.3 is 5.97 Å². The van der Waals surface area contributed by atoms with Gasteiger partial charge in [-0.15, -0.1) is 0 Å². The maximum absolute atomic E-state index is 11.7. The first kappa shape index (κ1) is 17.4. The SMILES string of the molecule is CCOC(=O)C(C)(N)CCCN(C)CC1CCCOC1. The van der Waals surface area contributed by atoms with Crippen molar-refractivity contribution in [2.24, 2.45) is 11.7 Å². The maximum atomic E-state index is 11.7. The number of nitrogens with two attached hydrogens (primary N) is 1. The highest BCUT2D eigenvalue weighted by molar-refractivity contribution is 5.79. The fraction of sp³-hybridized carbons (Fsp3) is 0.933. The molecule has 0 aromatic heterocycles. The van der Waals surface area contributed by atoms with Gasteiger partial charge < -0.3 is 20.1 Å². The van der Waals surface area contributed by atoms with Crippen LogP contribution in [0.15, 0.2) is 0 Å². The summed E-state index contributed by atoms with van der Waals surface area (Å²) in [6.45, 7) is 7.72. The lowest BCUT2D eigenvalue weighted by atomic mass is 9.97. The molecule has 0 aromatic rings. The Hall–Kier alpha value is -0.650. The van der Waals surface area contributed by atoms with Gasteiger partial charge in [-0.25, -0.2) is 0 Å². The normalized spacial score (nSPS) is 22.6. The predicted octanol–water partition coefficient (Wildman–Crippen LogP) is 1.41. The van der Waals surface area contributed by atoms with Gasteiger partial charge in [0, 0.05) is 13.2 Å². The standard InChI is InChI=1S/C15H30N2O3/c1-4-20-14(18)15(2,16)8-6-9-17(3)11-13-7-5-10-19-12-13/h13H,4-12,16H2,1-3H3. The molecule has 1 aliphatic rings. The number of rotatable bonds is 8. The van der Waals surface area contributed by atoms with E-state index in [2.05, 4.69) is 11.9 Å². The average Bonchev–Trinajstić information content (AvgIpc) is 2.39. The minimum Gasteiger partial charge on any atom is -0.465 e. The zero-order valence-corrected chi connectivity index (χ0v) is 13.2. The van der Waals surface area contributed by atoms with Crippen LogP contribution in [0.25, 0.3) is 0 Å². The van der Waals surface area contributed by atoms with E-state index in [-0.39, 0.29) is 5.97 Å². The van der Waals surface area contributed by atoms with Crippen molar-refractivity contribution >= 4 is 5.97 Å². The van der Waals surface area contributed by atoms with Crippen LogP contribution in [-0.4, -0.2) is 56.4 Å². The summed E-state index contributed by atoms with van der Waals surface area (Å²) < 4.78 is 10.5. The van der Waals surface area contributed by atoms with Crippen LogP contribution < -0.4 is 5.73 Å². The molecule has 1 rings (SSSR count). The molecule has 0 aliphatic carbocycles. The first-order valence-electron chi connectivity index (χ1n) is 7.68. The van der Waals surface area contributed by atoms with Gasteiger partial charge in [0.2, 0.25) is 0 Å². The fourth-order valence-corrected chi connectivity index (χ4v) is 2.60. The quantitative estimate of drug-likeness (QED) is 0.683. The average molecular weight is 286 g/mol. The zero-order valence-electron chi connectivity index (χ0n) is 13.2. The van der Waals surface area contributed by atoms with E-state index in [1.54, 1.807) is 13.8 Å². The molecule has 20 heavy (non-hydrogen) atoms. The molecular formula is C15H30N2O3. The Balaban J connectivity index is 2.20. The fourth-order valence-electron chi connectivity index (χ4n) is 2.60. The molecule has 2 N–H and O–H groups in total. The van der Waals surface area contributed by atoms with Crippen LogP contribution in [0.2, 0.25) is 0 Å². The van der Waals surface area contributed by atoms with Gasteiger partial charge in [0.05, 0.1) is 13.2 Å². The van der Waals surface area contributed by atoms with Crippen molar-refractivity contribution in [3.05, 3.63) is 0 Å². The highest BCUT2D eigenvalue weighted by atomic mass is 16.5. The molecule has 2 atom stereocenters. The first-order chi connectivity index (χ1) is 9.45. The number of esters is 1. The van der Waals surface area contributed by atoms with Crippen molar-refractivity contribution in [3.63, 3.8) is 0 Å². The molecule has 5 heteroatoms. The first-order valence-corrected chi connectivity index (χ1v) is 7.68. The molecule has 1 fully saturated rings. The van der Waals surface area contributed by atoms with E-state index >= 15 is 0 Å². The van der Waals surface area contributed by atoms with E-state index in [1.807, 2.05) is 0 Å². The summed E-state index contributed by atoms with van der Waals surface area (Å²) in [4.78, 5) is 14.0. The van der Waals surface area contributed by atoms with Crippen LogP contribution in [0.1, 0.15) is 39.5 Å². The lowest BCUT2D eigenvalue weighted by Gasteiger charge is -2.28. The van der Waals surface area contributed by atoms with E-state index in [0.717, 1.165) is 32.7 Å². The number of hydrogen-bond acceptors (Lipinski definition) is 5. The van der Waals surface area contributed by atoms with Crippen molar-refractivity contribution in [1.82, 2.24) is 4.90 Å². The summed E-state index contributed by atoms with van der Waals surface area (Å²) in [6.07, 6.45) is 3.97. The maximum Gasteiger partial charge on any atom is 0.325 e. The lowest BCUT2D eigenvalue weighted by molar-refractivity contribution is -0.149. The Morgan fingerprint density at radius 2 is 2.30 bits per heavy atom. The van der Waals surface area contributed by atoms with Gasteiger partial charge in [-0.1, -0.05) is 0 Å². The largest absolute Gasteiger partial charge is 0.465 e. The Labute approximate surface area is 122 Å². The number of nitrogens with zero attached hydrogens (tertiary/aromatic N) is 1. The minimum absolute atomic E-state index is 0.302. The number of hydrogen-bond donors (Lipinski definition) is 1. The van der Waals surface area contributed by atoms with E-state index in [0.29, 0.717) is 18.9 Å². The van der Waals surface area contributed by atoms with Gasteiger partial charge in [-0.05, 0) is 59.0 Å². The van der Waals surface area contributed by atoms with E-state index in [4.69, 9.17) is 15.2 Å². The number of ether oxygens (including phenoxy) is 2. The minimum atomic E-state index is -0.870. The van der Waals surface area contributed by atoms with Gasteiger partial charge in [-0.3, -0.25) is 4.79 Å². The summed E-state index contributed by atoms with van der Waals surface area (Å²) in [5, 5.41) is 0.